The van der Waals surface area contributed by atoms with Gasteiger partial charge in [-0.1, -0.05) is 23.2 Å². The van der Waals surface area contributed by atoms with Crippen LogP contribution in [0.15, 0.2) is 29.2 Å². The lowest BCUT2D eigenvalue weighted by Crippen LogP contribution is -2.23. The number of hydrogen-bond acceptors (Lipinski definition) is 4. The highest BCUT2D eigenvalue weighted by Crippen LogP contribution is 2.18. The summed E-state index contributed by atoms with van der Waals surface area (Å²) in [7, 11) is 0. The van der Waals surface area contributed by atoms with Crippen molar-refractivity contribution in [2.45, 2.75) is 6.54 Å². The minimum absolute atomic E-state index is 0.00172. The van der Waals surface area contributed by atoms with Gasteiger partial charge in [0.2, 0.25) is 0 Å². The molecule has 1 aromatic heterocycles. The lowest BCUT2D eigenvalue weighted by molar-refractivity contribution is -0.385. The Morgan fingerprint density at radius 2 is 2.05 bits per heavy atom. The van der Waals surface area contributed by atoms with Crippen LogP contribution in [0.3, 0.4) is 0 Å². The van der Waals surface area contributed by atoms with Gasteiger partial charge in [0.05, 0.1) is 28.8 Å². The molecule has 20 heavy (non-hydrogen) atoms. The Labute approximate surface area is 121 Å². The molecule has 2 rings (SSSR count). The molecule has 0 aliphatic rings. The smallest absolute Gasteiger partial charge is 0.266 e. The number of rotatable bonds is 3. The summed E-state index contributed by atoms with van der Waals surface area (Å²) in [5, 5.41) is 14.2. The third kappa shape index (κ3) is 2.94. The molecule has 1 heterocycles. The molecule has 9 heteroatoms. The predicted octanol–water partition coefficient (Wildman–Crippen LogP) is 2.65. The van der Waals surface area contributed by atoms with Crippen LogP contribution in [0, 0.1) is 15.9 Å². The zero-order chi connectivity index (χ0) is 14.9. The van der Waals surface area contributed by atoms with Gasteiger partial charge >= 0.3 is 0 Å². The number of nitro groups is 1. The quantitative estimate of drug-likeness (QED) is 0.644. The summed E-state index contributed by atoms with van der Waals surface area (Å²) in [5.74, 6) is -0.776. The third-order valence-electron chi connectivity index (χ3n) is 2.43. The fraction of sp³-hybridized carbons (Fsp3) is 0.0909. The maximum atomic E-state index is 13.3. The summed E-state index contributed by atoms with van der Waals surface area (Å²) < 4.78 is 14.2. The molecule has 0 bridgehead atoms. The van der Waals surface area contributed by atoms with Gasteiger partial charge in [-0.25, -0.2) is 9.07 Å². The van der Waals surface area contributed by atoms with Crippen molar-refractivity contribution < 1.29 is 9.31 Å². The van der Waals surface area contributed by atoms with Crippen molar-refractivity contribution in [3.05, 3.63) is 66.3 Å². The molecule has 0 saturated carbocycles. The molecule has 0 aliphatic carbocycles. The van der Waals surface area contributed by atoms with Crippen molar-refractivity contribution in [1.29, 1.82) is 0 Å². The van der Waals surface area contributed by atoms with Crippen LogP contribution in [0.5, 0.6) is 0 Å². The number of benzene rings is 1. The number of aromatic nitrogens is 2. The first-order valence-corrected chi connectivity index (χ1v) is 5.99. The molecule has 0 spiro atoms. The Morgan fingerprint density at radius 3 is 2.70 bits per heavy atom. The van der Waals surface area contributed by atoms with Crippen LogP contribution in [0.2, 0.25) is 10.0 Å². The molecule has 104 valence electrons. The first-order chi connectivity index (χ1) is 9.38. The van der Waals surface area contributed by atoms with E-state index in [2.05, 4.69) is 5.10 Å². The number of non-ortho nitro benzene ring substituents is 1. The van der Waals surface area contributed by atoms with Gasteiger partial charge in [0, 0.05) is 6.07 Å². The van der Waals surface area contributed by atoms with Crippen molar-refractivity contribution in [1.82, 2.24) is 9.78 Å². The van der Waals surface area contributed by atoms with E-state index in [0.717, 1.165) is 22.9 Å². The van der Waals surface area contributed by atoms with Crippen LogP contribution in [0.1, 0.15) is 5.56 Å². The van der Waals surface area contributed by atoms with E-state index in [1.54, 1.807) is 0 Å². The second-order valence-electron chi connectivity index (χ2n) is 3.84. The average molecular weight is 318 g/mol. The molecular formula is C11H6Cl2FN3O3. The maximum Gasteiger partial charge on any atom is 0.287 e. The number of hydrogen-bond donors (Lipinski definition) is 0. The molecule has 0 saturated heterocycles. The molecule has 1 aromatic carbocycles. The molecule has 0 amide bonds. The third-order valence-corrected chi connectivity index (χ3v) is 3.18. The van der Waals surface area contributed by atoms with E-state index in [1.165, 1.54) is 6.20 Å². The Balaban J connectivity index is 2.43. The molecule has 0 radical (unpaired) electrons. The van der Waals surface area contributed by atoms with Gasteiger partial charge in [-0.15, -0.1) is 0 Å². The minimum Gasteiger partial charge on any atom is -0.266 e. The Bertz CT molecular complexity index is 748. The lowest BCUT2D eigenvalue weighted by atomic mass is 10.2. The Kier molecular flexibility index (Phi) is 4.01. The van der Waals surface area contributed by atoms with E-state index in [0.29, 0.717) is 0 Å². The molecule has 0 aliphatic heterocycles. The molecule has 6 nitrogen and oxygen atoms in total. The predicted molar refractivity (Wildman–Crippen MR) is 70.7 cm³/mol. The first-order valence-electron chi connectivity index (χ1n) is 5.23. The second kappa shape index (κ2) is 5.56. The van der Waals surface area contributed by atoms with Gasteiger partial charge in [0.1, 0.15) is 10.8 Å². The maximum absolute atomic E-state index is 13.3. The highest BCUT2D eigenvalue weighted by atomic mass is 35.5. The van der Waals surface area contributed by atoms with Gasteiger partial charge in [0.15, 0.2) is 0 Å². The average Bonchev–Trinajstić information content (AvgIpc) is 2.39. The Morgan fingerprint density at radius 1 is 1.35 bits per heavy atom. The van der Waals surface area contributed by atoms with Gasteiger partial charge in [-0.05, 0) is 11.6 Å². The van der Waals surface area contributed by atoms with E-state index >= 15 is 0 Å². The summed E-state index contributed by atoms with van der Waals surface area (Å²) in [6.45, 7) is -0.158. The fourth-order valence-electron chi connectivity index (χ4n) is 1.56. The van der Waals surface area contributed by atoms with Gasteiger partial charge < -0.3 is 0 Å². The van der Waals surface area contributed by atoms with Crippen molar-refractivity contribution in [2.24, 2.45) is 0 Å². The SMILES string of the molecule is O=c1c(Cl)c(Cl)cnn1Cc1cc(F)cc([N+](=O)[O-])c1. The summed E-state index contributed by atoms with van der Waals surface area (Å²) >= 11 is 11.3. The second-order valence-corrected chi connectivity index (χ2v) is 4.63. The van der Waals surface area contributed by atoms with Crippen LogP contribution < -0.4 is 5.56 Å². The summed E-state index contributed by atoms with van der Waals surface area (Å²) in [6, 6.07) is 3.01. The molecule has 0 atom stereocenters. The largest absolute Gasteiger partial charge is 0.287 e. The van der Waals surface area contributed by atoms with Crippen LogP contribution in [0.4, 0.5) is 10.1 Å². The van der Waals surface area contributed by atoms with Crippen molar-refractivity contribution in [3.63, 3.8) is 0 Å². The molecule has 0 unspecified atom stereocenters. The first kappa shape index (κ1) is 14.4. The van der Waals surface area contributed by atoms with Crippen LogP contribution in [-0.4, -0.2) is 14.7 Å². The molecule has 0 fully saturated rings. The van der Waals surface area contributed by atoms with Crippen LogP contribution in [0.25, 0.3) is 0 Å². The number of nitro benzene ring substituents is 1. The molecule has 0 N–H and O–H groups in total. The number of halogens is 3. The lowest BCUT2D eigenvalue weighted by Gasteiger charge is -2.06. The zero-order valence-electron chi connectivity index (χ0n) is 9.72. The van der Waals surface area contributed by atoms with Crippen LogP contribution in [-0.2, 0) is 6.54 Å². The summed E-state index contributed by atoms with van der Waals surface area (Å²) in [4.78, 5) is 21.7. The van der Waals surface area contributed by atoms with Gasteiger partial charge in [0.25, 0.3) is 11.2 Å². The fourth-order valence-corrected chi connectivity index (χ4v) is 1.83. The number of nitrogens with zero attached hydrogens (tertiary/aromatic N) is 3. The van der Waals surface area contributed by atoms with E-state index in [1.807, 2.05) is 0 Å². The van der Waals surface area contributed by atoms with Crippen molar-refractivity contribution >= 4 is 28.9 Å². The molecular weight excluding hydrogens is 312 g/mol. The van der Waals surface area contributed by atoms with E-state index in [9.17, 15) is 19.3 Å². The minimum atomic E-state index is -0.776. The highest BCUT2D eigenvalue weighted by Gasteiger charge is 2.12. The van der Waals surface area contributed by atoms with Crippen molar-refractivity contribution in [3.8, 4) is 0 Å². The highest BCUT2D eigenvalue weighted by molar-refractivity contribution is 6.41. The standard InChI is InChI=1S/C11H6Cl2FN3O3/c12-9-4-15-16(11(18)10(9)13)5-6-1-7(14)3-8(2-6)17(19)20/h1-4H,5H2. The normalized spacial score (nSPS) is 10.6. The van der Waals surface area contributed by atoms with Crippen molar-refractivity contribution in [2.75, 3.05) is 0 Å². The van der Waals surface area contributed by atoms with E-state index < -0.39 is 22.0 Å². The summed E-state index contributed by atoms with van der Waals surface area (Å²) in [5.41, 5.74) is -0.858. The monoisotopic (exact) mass is 317 g/mol. The van der Waals surface area contributed by atoms with E-state index in [-0.39, 0.29) is 22.2 Å². The molecule has 2 aromatic rings. The Hall–Kier alpha value is -1.99. The zero-order valence-corrected chi connectivity index (χ0v) is 11.2. The van der Waals surface area contributed by atoms with Gasteiger partial charge in [-0.2, -0.15) is 5.10 Å². The topological polar surface area (TPSA) is 78.0 Å². The van der Waals surface area contributed by atoms with Gasteiger partial charge in [-0.3, -0.25) is 14.9 Å². The van der Waals surface area contributed by atoms with Crippen LogP contribution >= 0.6 is 23.2 Å². The van der Waals surface area contributed by atoms with E-state index in [4.69, 9.17) is 23.2 Å². The summed E-state index contributed by atoms with van der Waals surface area (Å²) in [6.07, 6.45) is 1.17.